The van der Waals surface area contributed by atoms with Gasteiger partial charge in [0.2, 0.25) is 0 Å². The molecule has 1 unspecified atom stereocenters. The SMILES string of the molecule is CC1(CNc2cccc(Br)c2C(N)=O)CCCNC1. The molecular formula is C14H20BrN3O. The Morgan fingerprint density at radius 3 is 3.00 bits per heavy atom. The number of piperidine rings is 1. The molecule has 0 bridgehead atoms. The summed E-state index contributed by atoms with van der Waals surface area (Å²) >= 11 is 3.37. The number of carbonyl (C=O) groups excluding carboxylic acids is 1. The second kappa shape index (κ2) is 5.92. The van der Waals surface area contributed by atoms with E-state index in [2.05, 4.69) is 33.5 Å². The first-order valence-electron chi connectivity index (χ1n) is 6.55. The molecule has 0 aliphatic carbocycles. The third kappa shape index (κ3) is 3.48. The van der Waals surface area contributed by atoms with E-state index in [1.165, 1.54) is 12.8 Å². The number of benzene rings is 1. The van der Waals surface area contributed by atoms with E-state index in [1.807, 2.05) is 18.2 Å². The maximum atomic E-state index is 11.5. The molecule has 104 valence electrons. The lowest BCUT2D eigenvalue weighted by atomic mass is 9.82. The Morgan fingerprint density at radius 1 is 1.58 bits per heavy atom. The quantitative estimate of drug-likeness (QED) is 0.796. The topological polar surface area (TPSA) is 67.1 Å². The van der Waals surface area contributed by atoms with Crippen molar-refractivity contribution >= 4 is 27.5 Å². The number of carbonyl (C=O) groups is 1. The molecule has 19 heavy (non-hydrogen) atoms. The molecule has 0 spiro atoms. The Kier molecular flexibility index (Phi) is 4.47. The number of hydrogen-bond donors (Lipinski definition) is 3. The predicted molar refractivity (Wildman–Crippen MR) is 81.4 cm³/mol. The Bertz CT molecular complexity index is 470. The van der Waals surface area contributed by atoms with Gasteiger partial charge in [-0.15, -0.1) is 0 Å². The summed E-state index contributed by atoms with van der Waals surface area (Å²) in [5, 5.41) is 6.79. The van der Waals surface area contributed by atoms with Gasteiger partial charge >= 0.3 is 0 Å². The zero-order valence-corrected chi connectivity index (χ0v) is 12.7. The molecule has 1 aliphatic rings. The number of amides is 1. The van der Waals surface area contributed by atoms with E-state index in [4.69, 9.17) is 5.73 Å². The van der Waals surface area contributed by atoms with Crippen LogP contribution >= 0.6 is 15.9 Å². The molecule has 1 aromatic rings. The summed E-state index contributed by atoms with van der Waals surface area (Å²) in [6, 6.07) is 5.62. The van der Waals surface area contributed by atoms with Gasteiger partial charge in [-0.2, -0.15) is 0 Å². The second-order valence-corrected chi connectivity index (χ2v) is 6.33. The number of hydrogen-bond acceptors (Lipinski definition) is 3. The van der Waals surface area contributed by atoms with Crippen LogP contribution in [-0.4, -0.2) is 25.5 Å². The van der Waals surface area contributed by atoms with Gasteiger partial charge in [0.05, 0.1) is 5.56 Å². The average Bonchev–Trinajstić information content (AvgIpc) is 2.37. The molecule has 4 nitrogen and oxygen atoms in total. The molecule has 1 amide bonds. The first-order valence-corrected chi connectivity index (χ1v) is 7.34. The summed E-state index contributed by atoms with van der Waals surface area (Å²) < 4.78 is 0.733. The van der Waals surface area contributed by atoms with Crippen molar-refractivity contribution in [1.82, 2.24) is 5.32 Å². The molecule has 1 atom stereocenters. The number of rotatable bonds is 4. The molecule has 0 radical (unpaired) electrons. The van der Waals surface area contributed by atoms with Gasteiger partial charge < -0.3 is 16.4 Å². The Balaban J connectivity index is 2.11. The van der Waals surface area contributed by atoms with Gasteiger partial charge in [-0.3, -0.25) is 4.79 Å². The fourth-order valence-corrected chi connectivity index (χ4v) is 3.06. The van der Waals surface area contributed by atoms with Crippen LogP contribution in [0.1, 0.15) is 30.1 Å². The molecule has 0 aromatic heterocycles. The molecule has 1 fully saturated rings. The van der Waals surface area contributed by atoms with Gasteiger partial charge in [-0.05, 0) is 52.9 Å². The second-order valence-electron chi connectivity index (χ2n) is 5.47. The van der Waals surface area contributed by atoms with Crippen molar-refractivity contribution in [2.24, 2.45) is 11.1 Å². The van der Waals surface area contributed by atoms with Crippen molar-refractivity contribution in [1.29, 1.82) is 0 Å². The van der Waals surface area contributed by atoms with E-state index in [-0.39, 0.29) is 5.41 Å². The molecule has 1 saturated heterocycles. The van der Waals surface area contributed by atoms with Gasteiger partial charge in [0, 0.05) is 23.2 Å². The monoisotopic (exact) mass is 325 g/mol. The zero-order valence-electron chi connectivity index (χ0n) is 11.1. The maximum absolute atomic E-state index is 11.5. The van der Waals surface area contributed by atoms with E-state index in [0.717, 1.165) is 29.8 Å². The van der Waals surface area contributed by atoms with Crippen molar-refractivity contribution in [2.75, 3.05) is 25.0 Å². The predicted octanol–water partition coefficient (Wildman–Crippen LogP) is 2.35. The minimum Gasteiger partial charge on any atom is -0.384 e. The molecule has 4 N–H and O–H groups in total. The number of nitrogens with one attached hydrogen (secondary N) is 2. The van der Waals surface area contributed by atoms with Gasteiger partial charge in [-0.1, -0.05) is 13.0 Å². The summed E-state index contributed by atoms with van der Waals surface area (Å²) in [5.74, 6) is -0.415. The van der Waals surface area contributed by atoms with Crippen LogP contribution in [0.2, 0.25) is 0 Å². The minimum atomic E-state index is -0.415. The highest BCUT2D eigenvalue weighted by molar-refractivity contribution is 9.10. The number of anilines is 1. The lowest BCUT2D eigenvalue weighted by Crippen LogP contribution is -2.42. The van der Waals surface area contributed by atoms with Crippen LogP contribution in [0, 0.1) is 5.41 Å². The Morgan fingerprint density at radius 2 is 2.37 bits per heavy atom. The lowest BCUT2D eigenvalue weighted by Gasteiger charge is -2.34. The van der Waals surface area contributed by atoms with E-state index >= 15 is 0 Å². The van der Waals surface area contributed by atoms with Gasteiger partial charge in [0.1, 0.15) is 0 Å². The number of primary amides is 1. The summed E-state index contributed by atoms with van der Waals surface area (Å²) in [6.45, 7) is 5.18. The van der Waals surface area contributed by atoms with Crippen LogP contribution in [0.15, 0.2) is 22.7 Å². The molecule has 1 aliphatic heterocycles. The first-order chi connectivity index (χ1) is 9.02. The van der Waals surface area contributed by atoms with E-state index < -0.39 is 5.91 Å². The van der Waals surface area contributed by atoms with Crippen LogP contribution in [0.5, 0.6) is 0 Å². The van der Waals surface area contributed by atoms with Crippen LogP contribution in [0.3, 0.4) is 0 Å². The largest absolute Gasteiger partial charge is 0.384 e. The minimum absolute atomic E-state index is 0.218. The van der Waals surface area contributed by atoms with Crippen molar-refractivity contribution < 1.29 is 4.79 Å². The third-order valence-electron chi connectivity index (χ3n) is 3.65. The Labute approximate surface area is 122 Å². The highest BCUT2D eigenvalue weighted by atomic mass is 79.9. The Hall–Kier alpha value is -1.07. The number of halogens is 1. The molecule has 5 heteroatoms. The van der Waals surface area contributed by atoms with Crippen LogP contribution in [0.25, 0.3) is 0 Å². The molecule has 1 aromatic carbocycles. The van der Waals surface area contributed by atoms with Crippen LogP contribution in [0.4, 0.5) is 5.69 Å². The van der Waals surface area contributed by atoms with Gasteiger partial charge in [0.15, 0.2) is 0 Å². The van der Waals surface area contributed by atoms with Crippen molar-refractivity contribution in [2.45, 2.75) is 19.8 Å². The molecule has 0 saturated carbocycles. The van der Waals surface area contributed by atoms with Crippen molar-refractivity contribution in [3.63, 3.8) is 0 Å². The highest BCUT2D eigenvalue weighted by Gasteiger charge is 2.26. The van der Waals surface area contributed by atoms with Crippen molar-refractivity contribution in [3.05, 3.63) is 28.2 Å². The number of nitrogens with two attached hydrogens (primary N) is 1. The summed E-state index contributed by atoms with van der Waals surface area (Å²) in [7, 11) is 0. The molecular weight excluding hydrogens is 306 g/mol. The van der Waals surface area contributed by atoms with E-state index in [0.29, 0.717) is 5.56 Å². The van der Waals surface area contributed by atoms with Gasteiger partial charge in [-0.25, -0.2) is 0 Å². The average molecular weight is 326 g/mol. The standard InChI is InChI=1S/C14H20BrN3O/c1-14(6-3-7-17-8-14)9-18-11-5-2-4-10(15)12(11)13(16)19/h2,4-5,17-18H,3,6-9H2,1H3,(H2,16,19). The highest BCUT2D eigenvalue weighted by Crippen LogP contribution is 2.28. The fourth-order valence-electron chi connectivity index (χ4n) is 2.50. The summed E-state index contributed by atoms with van der Waals surface area (Å²) in [5.41, 5.74) is 6.98. The fraction of sp³-hybridized carbons (Fsp3) is 0.500. The maximum Gasteiger partial charge on any atom is 0.251 e. The van der Waals surface area contributed by atoms with Crippen LogP contribution in [-0.2, 0) is 0 Å². The van der Waals surface area contributed by atoms with Crippen LogP contribution < -0.4 is 16.4 Å². The van der Waals surface area contributed by atoms with Crippen molar-refractivity contribution in [3.8, 4) is 0 Å². The summed E-state index contributed by atoms with van der Waals surface area (Å²) in [4.78, 5) is 11.5. The van der Waals surface area contributed by atoms with Gasteiger partial charge in [0.25, 0.3) is 5.91 Å². The zero-order chi connectivity index (χ0) is 13.9. The van der Waals surface area contributed by atoms with E-state index in [1.54, 1.807) is 0 Å². The first kappa shape index (κ1) is 14.3. The summed E-state index contributed by atoms with van der Waals surface area (Å²) in [6.07, 6.45) is 2.38. The third-order valence-corrected chi connectivity index (χ3v) is 4.31. The molecule has 2 rings (SSSR count). The normalized spacial score (nSPS) is 23.1. The smallest absolute Gasteiger partial charge is 0.251 e. The molecule has 1 heterocycles. The van der Waals surface area contributed by atoms with E-state index in [9.17, 15) is 4.79 Å². The lowest BCUT2D eigenvalue weighted by molar-refractivity contribution is 0.1000.